The second-order valence-corrected chi connectivity index (χ2v) is 4.85. The molecule has 1 aliphatic heterocycles. The summed E-state index contributed by atoms with van der Waals surface area (Å²) >= 11 is 5.63. The first-order chi connectivity index (χ1) is 9.04. The number of halogens is 2. The van der Waals surface area contributed by atoms with Crippen molar-refractivity contribution in [3.05, 3.63) is 33.1 Å². The third-order valence-electron chi connectivity index (χ3n) is 3.34. The van der Waals surface area contributed by atoms with E-state index in [0.29, 0.717) is 12.2 Å². The standard InChI is InChI=1S/C12H15ClFN3O2/c1-2-16(8-3-4-15-7-8)11-6-10(14)9(13)5-12(11)17(18)19/h5-6,8,15H,2-4,7H2,1H3. The van der Waals surface area contributed by atoms with Crippen molar-refractivity contribution in [2.45, 2.75) is 19.4 Å². The molecule has 0 spiro atoms. The molecule has 0 aromatic heterocycles. The highest BCUT2D eigenvalue weighted by atomic mass is 35.5. The molecule has 19 heavy (non-hydrogen) atoms. The molecule has 1 atom stereocenters. The second kappa shape index (κ2) is 5.71. The van der Waals surface area contributed by atoms with Crippen LogP contribution in [0.1, 0.15) is 13.3 Å². The van der Waals surface area contributed by atoms with Crippen LogP contribution in [-0.2, 0) is 0 Å². The number of hydrogen-bond donors (Lipinski definition) is 1. The lowest BCUT2D eigenvalue weighted by Crippen LogP contribution is -2.37. The van der Waals surface area contributed by atoms with E-state index in [1.165, 1.54) is 0 Å². The quantitative estimate of drug-likeness (QED) is 0.683. The molecule has 2 rings (SSSR count). The van der Waals surface area contributed by atoms with Crippen LogP contribution >= 0.6 is 11.6 Å². The van der Waals surface area contributed by atoms with Gasteiger partial charge in [-0.15, -0.1) is 0 Å². The zero-order valence-corrected chi connectivity index (χ0v) is 11.3. The first-order valence-corrected chi connectivity index (χ1v) is 6.53. The maximum absolute atomic E-state index is 13.6. The second-order valence-electron chi connectivity index (χ2n) is 4.44. The Labute approximate surface area is 115 Å². The molecule has 1 unspecified atom stereocenters. The highest BCUT2D eigenvalue weighted by Gasteiger charge is 2.28. The topological polar surface area (TPSA) is 58.4 Å². The van der Waals surface area contributed by atoms with E-state index in [1.54, 1.807) is 0 Å². The van der Waals surface area contributed by atoms with E-state index in [4.69, 9.17) is 11.6 Å². The van der Waals surface area contributed by atoms with E-state index in [0.717, 1.165) is 31.6 Å². The number of nitro benzene ring substituents is 1. The van der Waals surface area contributed by atoms with Gasteiger partial charge in [0.05, 0.1) is 9.95 Å². The van der Waals surface area contributed by atoms with Gasteiger partial charge in [0.2, 0.25) is 0 Å². The minimum atomic E-state index is -0.633. The van der Waals surface area contributed by atoms with Crippen LogP contribution in [0.5, 0.6) is 0 Å². The van der Waals surface area contributed by atoms with Crippen LogP contribution in [0, 0.1) is 15.9 Å². The molecule has 1 aromatic rings. The number of nitrogens with one attached hydrogen (secondary N) is 1. The molecule has 0 aliphatic carbocycles. The summed E-state index contributed by atoms with van der Waals surface area (Å²) < 4.78 is 13.6. The SMILES string of the molecule is CCN(c1cc(F)c(Cl)cc1[N+](=O)[O-])C1CCNC1. The Kier molecular flexibility index (Phi) is 4.21. The van der Waals surface area contributed by atoms with Gasteiger partial charge in [0.1, 0.15) is 11.5 Å². The van der Waals surface area contributed by atoms with Gasteiger partial charge < -0.3 is 10.2 Å². The highest BCUT2D eigenvalue weighted by Crippen LogP contribution is 2.34. The van der Waals surface area contributed by atoms with Crippen LogP contribution in [0.4, 0.5) is 15.8 Å². The zero-order chi connectivity index (χ0) is 14.0. The largest absolute Gasteiger partial charge is 0.362 e. The van der Waals surface area contributed by atoms with Crippen molar-refractivity contribution >= 4 is 23.0 Å². The van der Waals surface area contributed by atoms with Crippen LogP contribution < -0.4 is 10.2 Å². The van der Waals surface area contributed by atoms with Gasteiger partial charge in [0.15, 0.2) is 0 Å². The molecule has 1 aromatic carbocycles. The van der Waals surface area contributed by atoms with Crippen LogP contribution in [0.3, 0.4) is 0 Å². The van der Waals surface area contributed by atoms with Gasteiger partial charge in [-0.3, -0.25) is 10.1 Å². The Bertz CT molecular complexity index is 492. The van der Waals surface area contributed by atoms with Crippen LogP contribution in [0.15, 0.2) is 12.1 Å². The molecular formula is C12H15ClFN3O2. The van der Waals surface area contributed by atoms with Crippen LogP contribution in [0.2, 0.25) is 5.02 Å². The first-order valence-electron chi connectivity index (χ1n) is 6.15. The Morgan fingerprint density at radius 3 is 2.89 bits per heavy atom. The molecule has 0 bridgehead atoms. The molecule has 1 heterocycles. The van der Waals surface area contributed by atoms with E-state index >= 15 is 0 Å². The van der Waals surface area contributed by atoms with Crippen molar-refractivity contribution in [2.24, 2.45) is 0 Å². The Morgan fingerprint density at radius 2 is 2.37 bits per heavy atom. The Morgan fingerprint density at radius 1 is 1.63 bits per heavy atom. The Balaban J connectivity index is 2.45. The van der Waals surface area contributed by atoms with E-state index in [9.17, 15) is 14.5 Å². The normalized spacial score (nSPS) is 18.6. The van der Waals surface area contributed by atoms with Crippen molar-refractivity contribution in [1.29, 1.82) is 0 Å². The third-order valence-corrected chi connectivity index (χ3v) is 3.63. The smallest absolute Gasteiger partial charge is 0.294 e. The van der Waals surface area contributed by atoms with Gasteiger partial charge in [-0.05, 0) is 19.9 Å². The predicted molar refractivity (Wildman–Crippen MR) is 72.4 cm³/mol. The molecular weight excluding hydrogens is 273 g/mol. The van der Waals surface area contributed by atoms with Gasteiger partial charge in [0.25, 0.3) is 5.69 Å². The number of rotatable bonds is 4. The number of benzene rings is 1. The minimum absolute atomic E-state index is 0.143. The minimum Gasteiger partial charge on any atom is -0.362 e. The molecule has 1 N–H and O–H groups in total. The number of likely N-dealkylation sites (N-methyl/N-ethyl adjacent to an activating group) is 1. The fraction of sp³-hybridized carbons (Fsp3) is 0.500. The van der Waals surface area contributed by atoms with Gasteiger partial charge >= 0.3 is 0 Å². The highest BCUT2D eigenvalue weighted by molar-refractivity contribution is 6.31. The first kappa shape index (κ1) is 14.0. The van der Waals surface area contributed by atoms with Gasteiger partial charge in [0, 0.05) is 31.3 Å². The average Bonchev–Trinajstić information content (AvgIpc) is 2.87. The summed E-state index contributed by atoms with van der Waals surface area (Å²) in [7, 11) is 0. The number of nitro groups is 1. The van der Waals surface area contributed by atoms with Crippen LogP contribution in [-0.4, -0.2) is 30.6 Å². The van der Waals surface area contributed by atoms with Crippen molar-refractivity contribution in [1.82, 2.24) is 5.32 Å². The van der Waals surface area contributed by atoms with Crippen LogP contribution in [0.25, 0.3) is 0 Å². The molecule has 1 fully saturated rings. The van der Waals surface area contributed by atoms with E-state index in [2.05, 4.69) is 5.32 Å². The predicted octanol–water partition coefficient (Wildman–Crippen LogP) is 2.58. The summed E-state index contributed by atoms with van der Waals surface area (Å²) in [6.45, 7) is 4.09. The average molecular weight is 288 g/mol. The van der Waals surface area contributed by atoms with Crippen molar-refractivity contribution in [3.63, 3.8) is 0 Å². The molecule has 0 saturated carbocycles. The summed E-state index contributed by atoms with van der Waals surface area (Å²) in [5, 5.41) is 14.1. The van der Waals surface area contributed by atoms with E-state index < -0.39 is 10.7 Å². The summed E-state index contributed by atoms with van der Waals surface area (Å²) in [4.78, 5) is 12.4. The monoisotopic (exact) mass is 287 g/mol. The lowest BCUT2D eigenvalue weighted by Gasteiger charge is -2.29. The van der Waals surface area contributed by atoms with Gasteiger partial charge in [-0.2, -0.15) is 0 Å². The van der Waals surface area contributed by atoms with E-state index in [1.807, 2.05) is 11.8 Å². The van der Waals surface area contributed by atoms with Gasteiger partial charge in [-0.1, -0.05) is 11.6 Å². The van der Waals surface area contributed by atoms with Crippen molar-refractivity contribution < 1.29 is 9.31 Å². The molecule has 0 radical (unpaired) electrons. The number of anilines is 1. The van der Waals surface area contributed by atoms with Gasteiger partial charge in [-0.25, -0.2) is 4.39 Å². The summed E-state index contributed by atoms with van der Waals surface area (Å²) in [6.07, 6.45) is 0.884. The van der Waals surface area contributed by atoms with Crippen molar-refractivity contribution in [2.75, 3.05) is 24.5 Å². The zero-order valence-electron chi connectivity index (χ0n) is 10.5. The molecule has 1 saturated heterocycles. The molecule has 5 nitrogen and oxygen atoms in total. The molecule has 7 heteroatoms. The maximum Gasteiger partial charge on any atom is 0.294 e. The lowest BCUT2D eigenvalue weighted by molar-refractivity contribution is -0.384. The molecule has 1 aliphatic rings. The Hall–Kier alpha value is -1.40. The third kappa shape index (κ3) is 2.79. The number of hydrogen-bond acceptors (Lipinski definition) is 4. The lowest BCUT2D eigenvalue weighted by atomic mass is 10.1. The summed E-state index contributed by atoms with van der Waals surface area (Å²) in [5.74, 6) is -0.633. The molecule has 104 valence electrons. The fourth-order valence-electron chi connectivity index (χ4n) is 2.43. The number of nitrogens with zero attached hydrogens (tertiary/aromatic N) is 2. The fourth-order valence-corrected chi connectivity index (χ4v) is 2.59. The van der Waals surface area contributed by atoms with E-state index in [-0.39, 0.29) is 16.8 Å². The maximum atomic E-state index is 13.6. The summed E-state index contributed by atoms with van der Waals surface area (Å²) in [6, 6.07) is 2.38. The molecule has 0 amide bonds. The van der Waals surface area contributed by atoms with Crippen molar-refractivity contribution in [3.8, 4) is 0 Å². The summed E-state index contributed by atoms with van der Waals surface area (Å²) in [5.41, 5.74) is 0.142.